The van der Waals surface area contributed by atoms with Crippen molar-refractivity contribution in [3.63, 3.8) is 0 Å². The van der Waals surface area contributed by atoms with Gasteiger partial charge in [-0.15, -0.1) is 0 Å². The number of rotatable bonds is 5. The van der Waals surface area contributed by atoms with Crippen molar-refractivity contribution in [2.45, 2.75) is 17.8 Å². The molecule has 22 heavy (non-hydrogen) atoms. The van der Waals surface area contributed by atoms with Crippen LogP contribution in [0.4, 0.5) is 0 Å². The number of aromatic carboxylic acids is 2. The van der Waals surface area contributed by atoms with Crippen molar-refractivity contribution in [3.05, 3.63) is 29.3 Å². The molecule has 0 amide bonds. The summed E-state index contributed by atoms with van der Waals surface area (Å²) in [5.74, 6) is -7.15. The minimum Gasteiger partial charge on any atom is -0.545 e. The molecule has 0 saturated carbocycles. The van der Waals surface area contributed by atoms with E-state index in [0.29, 0.717) is 6.92 Å². The van der Waals surface area contributed by atoms with Gasteiger partial charge in [-0.2, -0.15) is 8.42 Å². The number of carbonyl (C=O) groups is 2. The van der Waals surface area contributed by atoms with Gasteiger partial charge in [0.2, 0.25) is 0 Å². The quantitative estimate of drug-likeness (QED) is 0.298. The van der Waals surface area contributed by atoms with Crippen molar-refractivity contribution < 1.29 is 102 Å². The molecule has 0 saturated heterocycles. The normalized spacial score (nSPS) is 11.0. The predicted molar refractivity (Wildman–Crippen MR) is 56.2 cm³/mol. The standard InChI is InChI=1S/C10H10O9S.2Na/c1-10(15,16)19-20(17,18)7-5(8(11)12)3-2-4-6(7)9(13)14;;/h2-4,15-16H,1H3,(H,11,12)(H,13,14);;/q;2*+1/p-2. The Hall–Kier alpha value is -0.01000. The first-order valence-corrected chi connectivity index (χ1v) is 6.32. The van der Waals surface area contributed by atoms with E-state index in [2.05, 4.69) is 4.18 Å². The largest absolute Gasteiger partial charge is 1.00 e. The molecule has 0 heterocycles. The topological polar surface area (TPSA) is 164 Å². The van der Waals surface area contributed by atoms with Crippen molar-refractivity contribution in [2.24, 2.45) is 0 Å². The van der Waals surface area contributed by atoms with E-state index in [1.54, 1.807) is 0 Å². The van der Waals surface area contributed by atoms with Gasteiger partial charge in [-0.3, -0.25) is 0 Å². The SMILES string of the molecule is CC(O)(O)OS(=O)(=O)c1c(C(=O)[O-])cccc1C(=O)[O-].[Na+].[Na+]. The average Bonchev–Trinajstić information content (AvgIpc) is 2.24. The first kappa shape index (κ1) is 24.2. The minimum atomic E-state index is -5.11. The van der Waals surface area contributed by atoms with Crippen molar-refractivity contribution in [1.29, 1.82) is 0 Å². The van der Waals surface area contributed by atoms with E-state index in [1.807, 2.05) is 0 Å². The molecule has 0 fully saturated rings. The maximum Gasteiger partial charge on any atom is 1.00 e. The Morgan fingerprint density at radius 2 is 1.45 bits per heavy atom. The molecule has 0 spiro atoms. The molecule has 0 atom stereocenters. The summed E-state index contributed by atoms with van der Waals surface area (Å²) in [6.07, 6.45) is 0. The predicted octanol–water partition coefficient (Wildman–Crippen LogP) is -9.21. The van der Waals surface area contributed by atoms with Crippen LogP contribution in [0.3, 0.4) is 0 Å². The zero-order chi connectivity index (χ0) is 15.7. The van der Waals surface area contributed by atoms with Crippen LogP contribution in [0.5, 0.6) is 0 Å². The summed E-state index contributed by atoms with van der Waals surface area (Å²) >= 11 is 0. The first-order valence-electron chi connectivity index (χ1n) is 4.92. The molecule has 9 nitrogen and oxygen atoms in total. The van der Waals surface area contributed by atoms with Crippen LogP contribution in [0.25, 0.3) is 0 Å². The van der Waals surface area contributed by atoms with Crippen molar-refractivity contribution in [3.8, 4) is 0 Å². The van der Waals surface area contributed by atoms with Crippen molar-refractivity contribution >= 4 is 22.1 Å². The van der Waals surface area contributed by atoms with Gasteiger partial charge in [0.05, 0.1) is 11.9 Å². The van der Waals surface area contributed by atoms with E-state index in [0.717, 1.165) is 18.2 Å². The Labute approximate surface area is 169 Å². The van der Waals surface area contributed by atoms with Gasteiger partial charge in [-0.05, 0) is 0 Å². The van der Waals surface area contributed by atoms with E-state index < -0.39 is 44.1 Å². The van der Waals surface area contributed by atoms with E-state index in [-0.39, 0.29) is 59.1 Å². The molecule has 12 heteroatoms. The van der Waals surface area contributed by atoms with Gasteiger partial charge in [-0.25, -0.2) is 4.18 Å². The molecular weight excluding hydrogens is 342 g/mol. The molecule has 0 unspecified atom stereocenters. The maximum absolute atomic E-state index is 11.8. The monoisotopic (exact) mass is 350 g/mol. The van der Waals surface area contributed by atoms with Gasteiger partial charge in [0.15, 0.2) is 0 Å². The fourth-order valence-electron chi connectivity index (χ4n) is 1.38. The second-order valence-corrected chi connectivity index (χ2v) is 5.21. The molecule has 1 aromatic carbocycles. The van der Waals surface area contributed by atoms with Crippen LogP contribution in [-0.4, -0.2) is 36.5 Å². The molecule has 0 aromatic heterocycles. The summed E-state index contributed by atoms with van der Waals surface area (Å²) in [4.78, 5) is 20.4. The summed E-state index contributed by atoms with van der Waals surface area (Å²) in [5.41, 5.74) is -2.04. The molecule has 2 N–H and O–H groups in total. The van der Waals surface area contributed by atoms with Crippen molar-refractivity contribution in [1.82, 2.24) is 0 Å². The number of carboxylic acids is 2. The van der Waals surface area contributed by atoms with Gasteiger partial charge in [0, 0.05) is 18.1 Å². The Morgan fingerprint density at radius 3 is 1.73 bits per heavy atom. The zero-order valence-electron chi connectivity index (χ0n) is 11.9. The van der Waals surface area contributed by atoms with E-state index in [1.165, 1.54) is 0 Å². The van der Waals surface area contributed by atoms with E-state index in [9.17, 15) is 28.2 Å². The Bertz CT molecular complexity index is 631. The number of hydrogen-bond acceptors (Lipinski definition) is 9. The van der Waals surface area contributed by atoms with Crippen molar-refractivity contribution in [2.75, 3.05) is 0 Å². The fourth-order valence-corrected chi connectivity index (χ4v) is 2.72. The molecule has 0 aliphatic carbocycles. The summed E-state index contributed by atoms with van der Waals surface area (Å²) < 4.78 is 27.4. The number of benzene rings is 1. The maximum atomic E-state index is 11.8. The average molecular weight is 350 g/mol. The van der Waals surface area contributed by atoms with E-state index in [4.69, 9.17) is 10.2 Å². The first-order chi connectivity index (χ1) is 8.96. The Kier molecular flexibility index (Phi) is 9.62. The number of carbonyl (C=O) groups excluding carboxylic acids is 2. The fraction of sp³-hybridized carbons (Fsp3) is 0.200. The smallest absolute Gasteiger partial charge is 0.545 e. The second kappa shape index (κ2) is 8.73. The number of hydrogen-bond donors (Lipinski definition) is 2. The molecular formula is C10H8Na2O9S. The molecule has 110 valence electrons. The van der Waals surface area contributed by atoms with Gasteiger partial charge in [-0.1, -0.05) is 18.2 Å². The molecule has 0 aliphatic heterocycles. The number of carboxylic acid groups (broad SMARTS) is 2. The third-order valence-corrected chi connectivity index (χ3v) is 3.45. The van der Waals surface area contributed by atoms with Gasteiger partial charge < -0.3 is 30.0 Å². The van der Waals surface area contributed by atoms with Crippen LogP contribution >= 0.6 is 0 Å². The van der Waals surface area contributed by atoms with Crippen LogP contribution in [0.15, 0.2) is 23.1 Å². The zero-order valence-corrected chi connectivity index (χ0v) is 16.7. The molecule has 1 aromatic rings. The van der Waals surface area contributed by atoms with Crippen LogP contribution < -0.4 is 69.3 Å². The molecule has 1 rings (SSSR count). The van der Waals surface area contributed by atoms with Gasteiger partial charge in [0.25, 0.3) is 5.97 Å². The summed E-state index contributed by atoms with van der Waals surface area (Å²) in [6.45, 7) is 0.533. The van der Waals surface area contributed by atoms with Gasteiger partial charge >= 0.3 is 69.2 Å². The Balaban J connectivity index is 0. The summed E-state index contributed by atoms with van der Waals surface area (Å²) in [7, 11) is -5.11. The summed E-state index contributed by atoms with van der Waals surface area (Å²) in [6, 6.07) is 2.46. The summed E-state index contributed by atoms with van der Waals surface area (Å²) in [5, 5.41) is 39.5. The van der Waals surface area contributed by atoms with Gasteiger partial charge in [0.1, 0.15) is 4.90 Å². The molecule has 0 radical (unpaired) electrons. The Morgan fingerprint density at radius 1 is 1.09 bits per heavy atom. The third kappa shape index (κ3) is 6.24. The molecule has 0 aliphatic rings. The van der Waals surface area contributed by atoms with Crippen LogP contribution in [0.1, 0.15) is 27.6 Å². The van der Waals surface area contributed by atoms with E-state index >= 15 is 0 Å². The van der Waals surface area contributed by atoms with Crippen LogP contribution in [-0.2, 0) is 14.3 Å². The third-order valence-electron chi connectivity index (χ3n) is 1.97. The molecule has 0 bridgehead atoms. The van der Waals surface area contributed by atoms with Crippen LogP contribution in [0, 0.1) is 0 Å². The minimum absolute atomic E-state index is 0. The number of aliphatic hydroxyl groups is 2. The second-order valence-electron chi connectivity index (χ2n) is 3.73. The van der Waals surface area contributed by atoms with Crippen LogP contribution in [0.2, 0.25) is 0 Å².